The van der Waals surface area contributed by atoms with Crippen LogP contribution in [0.3, 0.4) is 0 Å². The molecule has 2 rings (SSSR count). The van der Waals surface area contributed by atoms with Crippen LogP contribution in [0.2, 0.25) is 0 Å². The molecule has 2 heterocycles. The molecule has 0 amide bonds. The van der Waals surface area contributed by atoms with Crippen molar-refractivity contribution in [2.24, 2.45) is 0 Å². The summed E-state index contributed by atoms with van der Waals surface area (Å²) in [5, 5.41) is 1.94. The van der Waals surface area contributed by atoms with Gasteiger partial charge in [-0.2, -0.15) is 0 Å². The summed E-state index contributed by atoms with van der Waals surface area (Å²) in [6, 6.07) is 5.46. The number of ketones is 1. The minimum Gasteiger partial charge on any atom is -0.455 e. The fourth-order valence-electron chi connectivity index (χ4n) is 1.64. The number of methoxy groups -OCH3 is 1. The predicted octanol–water partition coefficient (Wildman–Crippen LogP) is 3.28. The maximum Gasteiger partial charge on any atom is 0.238 e. The summed E-state index contributed by atoms with van der Waals surface area (Å²) in [5.74, 6) is 1.01. The highest BCUT2D eigenvalue weighted by Gasteiger charge is 2.17. The van der Waals surface area contributed by atoms with Crippen LogP contribution in [0.4, 0.5) is 0 Å². The van der Waals surface area contributed by atoms with Gasteiger partial charge in [-0.25, -0.2) is 0 Å². The van der Waals surface area contributed by atoms with E-state index in [1.54, 1.807) is 19.2 Å². The first-order chi connectivity index (χ1) is 8.26. The molecule has 0 fully saturated rings. The Labute approximate surface area is 104 Å². The van der Waals surface area contributed by atoms with E-state index in [-0.39, 0.29) is 5.78 Å². The van der Waals surface area contributed by atoms with E-state index in [0.717, 1.165) is 16.9 Å². The molecular weight excluding hydrogens is 236 g/mol. The number of ether oxygens (including phenoxy) is 1. The van der Waals surface area contributed by atoms with Gasteiger partial charge < -0.3 is 9.15 Å². The second-order valence-corrected chi connectivity index (χ2v) is 4.57. The summed E-state index contributed by atoms with van der Waals surface area (Å²) in [4.78, 5) is 12.9. The van der Waals surface area contributed by atoms with Crippen molar-refractivity contribution in [2.45, 2.75) is 20.0 Å². The molecule has 3 nitrogen and oxygen atoms in total. The molecule has 0 aliphatic carbocycles. The molecular formula is C13H14O3S. The van der Waals surface area contributed by atoms with E-state index in [9.17, 15) is 4.79 Å². The lowest BCUT2D eigenvalue weighted by Gasteiger charge is -1.98. The summed E-state index contributed by atoms with van der Waals surface area (Å²) in [5.41, 5.74) is 1.07. The Kier molecular flexibility index (Phi) is 3.76. The smallest absolute Gasteiger partial charge is 0.238 e. The Bertz CT molecular complexity index is 510. The van der Waals surface area contributed by atoms with Crippen LogP contribution in [-0.2, 0) is 17.8 Å². The first-order valence-corrected chi connectivity index (χ1v) is 6.33. The monoisotopic (exact) mass is 250 g/mol. The van der Waals surface area contributed by atoms with Crippen molar-refractivity contribution in [1.82, 2.24) is 0 Å². The zero-order valence-electron chi connectivity index (χ0n) is 9.86. The van der Waals surface area contributed by atoms with Crippen LogP contribution in [0.25, 0.3) is 0 Å². The lowest BCUT2D eigenvalue weighted by Crippen LogP contribution is -1.99. The van der Waals surface area contributed by atoms with Crippen LogP contribution >= 0.6 is 11.3 Å². The lowest BCUT2D eigenvalue weighted by molar-refractivity contribution is 0.100. The van der Waals surface area contributed by atoms with Crippen molar-refractivity contribution in [3.05, 3.63) is 45.5 Å². The van der Waals surface area contributed by atoms with Crippen molar-refractivity contribution >= 4 is 17.1 Å². The number of thiophene rings is 1. The van der Waals surface area contributed by atoms with Gasteiger partial charge in [-0.05, 0) is 35.6 Å². The third-order valence-corrected chi connectivity index (χ3v) is 3.46. The maximum absolute atomic E-state index is 12.2. The largest absolute Gasteiger partial charge is 0.455 e. The molecule has 0 radical (unpaired) electrons. The van der Waals surface area contributed by atoms with Gasteiger partial charge in [-0.3, -0.25) is 4.79 Å². The average Bonchev–Trinajstić information content (AvgIpc) is 2.96. The normalized spacial score (nSPS) is 10.7. The van der Waals surface area contributed by atoms with Crippen LogP contribution in [-0.4, -0.2) is 12.9 Å². The minimum atomic E-state index is -0.0424. The molecule has 0 aliphatic heterocycles. The Hall–Kier alpha value is -1.39. The van der Waals surface area contributed by atoms with Gasteiger partial charge in [0.15, 0.2) is 5.76 Å². The van der Waals surface area contributed by atoms with Crippen LogP contribution in [0, 0.1) is 0 Å². The van der Waals surface area contributed by atoms with Crippen LogP contribution < -0.4 is 0 Å². The van der Waals surface area contributed by atoms with Crippen molar-refractivity contribution in [1.29, 1.82) is 0 Å². The molecule has 0 atom stereocenters. The minimum absolute atomic E-state index is 0.0424. The molecule has 0 N–H and O–H groups in total. The molecule has 0 unspecified atom stereocenters. The number of carbonyl (C=O) groups excluding carboxylic acids is 1. The number of rotatable bonds is 5. The second kappa shape index (κ2) is 5.29. The van der Waals surface area contributed by atoms with E-state index in [4.69, 9.17) is 9.15 Å². The fraction of sp³-hybridized carbons (Fsp3) is 0.308. The highest BCUT2D eigenvalue weighted by atomic mass is 32.1. The van der Waals surface area contributed by atoms with Gasteiger partial charge in [-0.15, -0.1) is 11.3 Å². The molecule has 4 heteroatoms. The topological polar surface area (TPSA) is 39.4 Å². The highest BCUT2D eigenvalue weighted by molar-refractivity contribution is 7.12. The molecule has 2 aromatic rings. The molecule has 0 aromatic carbocycles. The van der Waals surface area contributed by atoms with E-state index in [1.807, 2.05) is 18.4 Å². The van der Waals surface area contributed by atoms with Crippen LogP contribution in [0.1, 0.15) is 33.7 Å². The first kappa shape index (κ1) is 12.1. The van der Waals surface area contributed by atoms with E-state index in [2.05, 4.69) is 0 Å². The molecule has 0 bridgehead atoms. The van der Waals surface area contributed by atoms with Gasteiger partial charge in [0.25, 0.3) is 0 Å². The number of hydrogen-bond acceptors (Lipinski definition) is 4. The van der Waals surface area contributed by atoms with Gasteiger partial charge in [0, 0.05) is 7.11 Å². The Morgan fingerprint density at radius 1 is 1.41 bits per heavy atom. The molecule has 90 valence electrons. The quantitative estimate of drug-likeness (QED) is 0.764. The van der Waals surface area contributed by atoms with Crippen molar-refractivity contribution in [3.8, 4) is 0 Å². The van der Waals surface area contributed by atoms with Gasteiger partial charge in [-0.1, -0.05) is 6.92 Å². The standard InChI is InChI=1S/C13H14O3S/c1-3-9-6-7-17-13(9)12(14)11-5-4-10(16-11)8-15-2/h4-7H,3,8H2,1-2H3. The van der Waals surface area contributed by atoms with Gasteiger partial charge >= 0.3 is 0 Å². The molecule has 0 saturated heterocycles. The third kappa shape index (κ3) is 2.48. The second-order valence-electron chi connectivity index (χ2n) is 3.66. The fourth-order valence-corrected chi connectivity index (χ4v) is 2.58. The summed E-state index contributed by atoms with van der Waals surface area (Å²) >= 11 is 1.46. The summed E-state index contributed by atoms with van der Waals surface area (Å²) < 4.78 is 10.4. The molecule has 0 spiro atoms. The van der Waals surface area contributed by atoms with Crippen molar-refractivity contribution in [3.63, 3.8) is 0 Å². The zero-order valence-corrected chi connectivity index (χ0v) is 10.7. The van der Waals surface area contributed by atoms with E-state index in [0.29, 0.717) is 18.1 Å². The van der Waals surface area contributed by atoms with Gasteiger partial charge in [0.05, 0.1) is 4.88 Å². The Morgan fingerprint density at radius 2 is 2.24 bits per heavy atom. The molecule has 2 aromatic heterocycles. The molecule has 17 heavy (non-hydrogen) atoms. The lowest BCUT2D eigenvalue weighted by atomic mass is 10.1. The third-order valence-electron chi connectivity index (χ3n) is 2.51. The van der Waals surface area contributed by atoms with Crippen LogP contribution in [0.5, 0.6) is 0 Å². The zero-order chi connectivity index (χ0) is 12.3. The SMILES string of the molecule is CCc1ccsc1C(=O)c1ccc(COC)o1. The van der Waals surface area contributed by atoms with Crippen molar-refractivity contribution < 1.29 is 13.9 Å². The van der Waals surface area contributed by atoms with E-state index >= 15 is 0 Å². The molecule has 0 saturated carbocycles. The maximum atomic E-state index is 12.2. The Balaban J connectivity index is 2.24. The summed E-state index contributed by atoms with van der Waals surface area (Å²) in [6.45, 7) is 2.43. The van der Waals surface area contributed by atoms with E-state index < -0.39 is 0 Å². The van der Waals surface area contributed by atoms with Gasteiger partial charge in [0.1, 0.15) is 12.4 Å². The number of hydrogen-bond donors (Lipinski definition) is 0. The summed E-state index contributed by atoms with van der Waals surface area (Å²) in [7, 11) is 1.60. The van der Waals surface area contributed by atoms with E-state index in [1.165, 1.54) is 11.3 Å². The van der Waals surface area contributed by atoms with Crippen LogP contribution in [0.15, 0.2) is 28.0 Å². The predicted molar refractivity (Wildman–Crippen MR) is 66.6 cm³/mol. The first-order valence-electron chi connectivity index (χ1n) is 5.45. The highest BCUT2D eigenvalue weighted by Crippen LogP contribution is 2.22. The molecule has 0 aliphatic rings. The summed E-state index contributed by atoms with van der Waals surface area (Å²) in [6.07, 6.45) is 0.857. The van der Waals surface area contributed by atoms with Crippen molar-refractivity contribution in [2.75, 3.05) is 7.11 Å². The Morgan fingerprint density at radius 3 is 2.94 bits per heavy atom. The number of furan rings is 1. The number of carbonyl (C=O) groups is 1. The van der Waals surface area contributed by atoms with Gasteiger partial charge in [0.2, 0.25) is 5.78 Å². The average molecular weight is 250 g/mol. The number of aryl methyl sites for hydroxylation is 1.